The molecular weight excluding hydrogens is 170 g/mol. The zero-order chi connectivity index (χ0) is 8.81. The summed E-state index contributed by atoms with van der Waals surface area (Å²) in [6.45, 7) is 2.78. The number of rotatable bonds is 4. The molecule has 0 bridgehead atoms. The minimum atomic E-state index is -0.156. The van der Waals surface area contributed by atoms with Crippen LogP contribution in [0.2, 0.25) is 0 Å². The Hall–Kier alpha value is 0.270. The molecule has 2 atom stereocenters. The first-order valence-electron chi connectivity index (χ1n) is 4.82. The van der Waals surface area contributed by atoms with Crippen molar-refractivity contribution >= 4 is 11.8 Å². The van der Waals surface area contributed by atoms with Gasteiger partial charge in [0.25, 0.3) is 0 Å². The summed E-state index contributed by atoms with van der Waals surface area (Å²) in [4.78, 5) is 0. The Balaban J connectivity index is 2.05. The highest BCUT2D eigenvalue weighted by Crippen LogP contribution is 2.16. The van der Waals surface area contributed by atoms with E-state index in [2.05, 4.69) is 5.32 Å². The molecular formula is C9H19NOS. The summed E-state index contributed by atoms with van der Waals surface area (Å²) in [5, 5.41) is 12.7. The molecule has 3 heteroatoms. The van der Waals surface area contributed by atoms with E-state index >= 15 is 0 Å². The second-order valence-corrected chi connectivity index (χ2v) is 4.53. The quantitative estimate of drug-likeness (QED) is 0.698. The van der Waals surface area contributed by atoms with Crippen LogP contribution in [0, 0.1) is 0 Å². The van der Waals surface area contributed by atoms with Gasteiger partial charge >= 0.3 is 0 Å². The fraction of sp³-hybridized carbons (Fsp3) is 1.00. The smallest absolute Gasteiger partial charge is 0.0662 e. The van der Waals surface area contributed by atoms with Gasteiger partial charge in [-0.15, -0.1) is 0 Å². The molecule has 0 saturated carbocycles. The van der Waals surface area contributed by atoms with Crippen molar-refractivity contribution in [2.24, 2.45) is 0 Å². The molecule has 0 radical (unpaired) electrons. The van der Waals surface area contributed by atoms with E-state index in [-0.39, 0.29) is 6.10 Å². The van der Waals surface area contributed by atoms with Crippen LogP contribution in [-0.2, 0) is 0 Å². The van der Waals surface area contributed by atoms with Crippen LogP contribution in [0.1, 0.15) is 26.2 Å². The van der Waals surface area contributed by atoms with Crippen molar-refractivity contribution in [3.63, 3.8) is 0 Å². The minimum absolute atomic E-state index is 0.156. The van der Waals surface area contributed by atoms with E-state index in [4.69, 9.17) is 0 Å². The molecule has 0 aromatic carbocycles. The maximum atomic E-state index is 9.32. The Morgan fingerprint density at radius 1 is 1.67 bits per heavy atom. The lowest BCUT2D eigenvalue weighted by Gasteiger charge is -2.23. The van der Waals surface area contributed by atoms with Crippen molar-refractivity contribution in [3.05, 3.63) is 0 Å². The highest BCUT2D eigenvalue weighted by Gasteiger charge is 2.13. The third-order valence-electron chi connectivity index (χ3n) is 2.27. The largest absolute Gasteiger partial charge is 0.392 e. The standard InChI is InChI=1S/C9H19NOS/c1-2-9(11)6-10-8-4-3-5-12-7-8/h8-11H,2-7H2,1H3. The van der Waals surface area contributed by atoms with Crippen LogP contribution >= 0.6 is 11.8 Å². The third kappa shape index (κ3) is 3.78. The minimum Gasteiger partial charge on any atom is -0.392 e. The lowest BCUT2D eigenvalue weighted by atomic mass is 10.1. The van der Waals surface area contributed by atoms with Crippen LogP contribution in [-0.4, -0.2) is 35.3 Å². The van der Waals surface area contributed by atoms with Gasteiger partial charge < -0.3 is 10.4 Å². The Kier molecular flexibility index (Phi) is 5.04. The molecule has 72 valence electrons. The summed E-state index contributed by atoms with van der Waals surface area (Å²) in [6.07, 6.45) is 3.30. The molecule has 1 rings (SSSR count). The predicted molar refractivity (Wildman–Crippen MR) is 54.6 cm³/mol. The molecule has 1 heterocycles. The van der Waals surface area contributed by atoms with Crippen molar-refractivity contribution < 1.29 is 5.11 Å². The van der Waals surface area contributed by atoms with Gasteiger partial charge in [0, 0.05) is 18.3 Å². The average molecular weight is 189 g/mol. The molecule has 1 aliphatic heterocycles. The highest BCUT2D eigenvalue weighted by molar-refractivity contribution is 7.99. The molecule has 2 unspecified atom stereocenters. The van der Waals surface area contributed by atoms with Crippen LogP contribution in [0.4, 0.5) is 0 Å². The van der Waals surface area contributed by atoms with E-state index < -0.39 is 0 Å². The van der Waals surface area contributed by atoms with Crippen LogP contribution in [0.5, 0.6) is 0 Å². The van der Waals surface area contributed by atoms with Gasteiger partial charge in [0.1, 0.15) is 0 Å². The van der Waals surface area contributed by atoms with Gasteiger partial charge in [-0.3, -0.25) is 0 Å². The van der Waals surface area contributed by atoms with Gasteiger partial charge in [0.2, 0.25) is 0 Å². The molecule has 0 aromatic heterocycles. The number of hydrogen-bond acceptors (Lipinski definition) is 3. The monoisotopic (exact) mass is 189 g/mol. The lowest BCUT2D eigenvalue weighted by molar-refractivity contribution is 0.163. The second-order valence-electron chi connectivity index (χ2n) is 3.38. The predicted octanol–water partition coefficient (Wildman–Crippen LogP) is 1.24. The molecule has 0 aromatic rings. The van der Waals surface area contributed by atoms with Gasteiger partial charge in [-0.1, -0.05) is 6.92 Å². The van der Waals surface area contributed by atoms with Crippen molar-refractivity contribution in [1.29, 1.82) is 0 Å². The zero-order valence-electron chi connectivity index (χ0n) is 7.75. The van der Waals surface area contributed by atoms with Gasteiger partial charge in [-0.2, -0.15) is 11.8 Å². The van der Waals surface area contributed by atoms with E-state index in [0.29, 0.717) is 6.04 Å². The molecule has 0 amide bonds. The Labute approximate surface area is 79.1 Å². The maximum absolute atomic E-state index is 9.32. The van der Waals surface area contributed by atoms with Gasteiger partial charge in [-0.05, 0) is 25.0 Å². The SMILES string of the molecule is CCC(O)CNC1CCCSC1. The molecule has 2 nitrogen and oxygen atoms in total. The number of hydrogen-bond donors (Lipinski definition) is 2. The number of thioether (sulfide) groups is 1. The molecule has 0 aliphatic carbocycles. The van der Waals surface area contributed by atoms with Crippen LogP contribution in [0.15, 0.2) is 0 Å². The fourth-order valence-corrected chi connectivity index (χ4v) is 2.46. The summed E-state index contributed by atoms with van der Waals surface area (Å²) in [7, 11) is 0. The number of aliphatic hydroxyl groups excluding tert-OH is 1. The van der Waals surface area contributed by atoms with Crippen LogP contribution in [0.25, 0.3) is 0 Å². The molecule has 1 aliphatic rings. The summed E-state index contributed by atoms with van der Waals surface area (Å²) in [5.41, 5.74) is 0. The third-order valence-corrected chi connectivity index (χ3v) is 3.49. The summed E-state index contributed by atoms with van der Waals surface area (Å²) in [6, 6.07) is 0.643. The van der Waals surface area contributed by atoms with Crippen molar-refractivity contribution in [1.82, 2.24) is 5.32 Å². The Morgan fingerprint density at radius 3 is 3.08 bits per heavy atom. The topological polar surface area (TPSA) is 32.3 Å². The maximum Gasteiger partial charge on any atom is 0.0662 e. The summed E-state index contributed by atoms with van der Waals surface area (Å²) in [5.74, 6) is 2.53. The molecule has 1 saturated heterocycles. The molecule has 0 spiro atoms. The molecule has 2 N–H and O–H groups in total. The first-order valence-corrected chi connectivity index (χ1v) is 5.97. The highest BCUT2D eigenvalue weighted by atomic mass is 32.2. The lowest BCUT2D eigenvalue weighted by Crippen LogP contribution is -2.38. The molecule has 12 heavy (non-hydrogen) atoms. The van der Waals surface area contributed by atoms with E-state index in [9.17, 15) is 5.11 Å². The first kappa shape index (κ1) is 10.4. The molecule has 1 fully saturated rings. The fourth-order valence-electron chi connectivity index (χ4n) is 1.35. The van der Waals surface area contributed by atoms with Crippen LogP contribution in [0.3, 0.4) is 0 Å². The van der Waals surface area contributed by atoms with Crippen molar-refractivity contribution in [3.8, 4) is 0 Å². The number of aliphatic hydroxyl groups is 1. The average Bonchev–Trinajstić information content (AvgIpc) is 2.16. The summed E-state index contributed by atoms with van der Waals surface area (Å²) < 4.78 is 0. The second kappa shape index (κ2) is 5.84. The summed E-state index contributed by atoms with van der Waals surface area (Å²) >= 11 is 2.02. The first-order chi connectivity index (χ1) is 5.83. The van der Waals surface area contributed by atoms with E-state index in [1.165, 1.54) is 24.3 Å². The number of nitrogens with one attached hydrogen (secondary N) is 1. The van der Waals surface area contributed by atoms with Gasteiger partial charge in [-0.25, -0.2) is 0 Å². The zero-order valence-corrected chi connectivity index (χ0v) is 8.57. The van der Waals surface area contributed by atoms with Gasteiger partial charge in [0.05, 0.1) is 6.10 Å². The van der Waals surface area contributed by atoms with E-state index in [0.717, 1.165) is 13.0 Å². The van der Waals surface area contributed by atoms with Crippen molar-refractivity contribution in [2.45, 2.75) is 38.3 Å². The van der Waals surface area contributed by atoms with E-state index in [1.807, 2.05) is 18.7 Å². The normalized spacial score (nSPS) is 27.0. The van der Waals surface area contributed by atoms with Gasteiger partial charge in [0.15, 0.2) is 0 Å². The Bertz CT molecular complexity index is 115. The Morgan fingerprint density at radius 2 is 2.50 bits per heavy atom. The van der Waals surface area contributed by atoms with Crippen molar-refractivity contribution in [2.75, 3.05) is 18.1 Å². The van der Waals surface area contributed by atoms with Crippen LogP contribution < -0.4 is 5.32 Å². The van der Waals surface area contributed by atoms with E-state index in [1.54, 1.807) is 0 Å².